The van der Waals surface area contributed by atoms with E-state index >= 15 is 0 Å². The largest absolute Gasteiger partial charge is 0.214 e. The predicted molar refractivity (Wildman–Crippen MR) is 60.3 cm³/mol. The monoisotopic (exact) mass is 186 g/mol. The summed E-state index contributed by atoms with van der Waals surface area (Å²) >= 11 is 0. The Kier molecular flexibility index (Phi) is 1.84. The van der Waals surface area contributed by atoms with Crippen molar-refractivity contribution < 1.29 is 4.58 Å². The van der Waals surface area contributed by atoms with Crippen molar-refractivity contribution in [2.75, 3.05) is 0 Å². The molecule has 2 rings (SSSR count). The fraction of sp³-hybridized carbons (Fsp3) is 0.308. The first-order chi connectivity index (χ1) is 6.59. The fourth-order valence-electron chi connectivity index (χ4n) is 2.12. The molecule has 0 N–H and O–H groups in total. The van der Waals surface area contributed by atoms with Crippen molar-refractivity contribution in [1.82, 2.24) is 0 Å². The molecule has 0 radical (unpaired) electrons. The summed E-state index contributed by atoms with van der Waals surface area (Å²) in [6, 6.07) is 8.52. The van der Waals surface area contributed by atoms with E-state index in [9.17, 15) is 0 Å². The average molecular weight is 186 g/mol. The van der Waals surface area contributed by atoms with Crippen LogP contribution in [0.1, 0.15) is 26.3 Å². The summed E-state index contributed by atoms with van der Waals surface area (Å²) in [4.78, 5) is 0. The SMILES string of the molecule is C=C[N+]1=C(C)C(C)(C)c2ccccc21. The van der Waals surface area contributed by atoms with E-state index in [4.69, 9.17) is 0 Å². The average Bonchev–Trinajstić information content (AvgIpc) is 2.37. The Morgan fingerprint density at radius 3 is 2.57 bits per heavy atom. The normalized spacial score (nSPS) is 18.2. The first-order valence-electron chi connectivity index (χ1n) is 4.94. The zero-order valence-corrected chi connectivity index (χ0v) is 9.04. The molecule has 0 amide bonds. The lowest BCUT2D eigenvalue weighted by Gasteiger charge is -2.14. The van der Waals surface area contributed by atoms with Crippen molar-refractivity contribution in [1.29, 1.82) is 0 Å². The molecule has 0 saturated carbocycles. The van der Waals surface area contributed by atoms with Crippen LogP contribution in [-0.4, -0.2) is 10.3 Å². The van der Waals surface area contributed by atoms with E-state index < -0.39 is 0 Å². The van der Waals surface area contributed by atoms with Crippen LogP contribution in [0.15, 0.2) is 37.0 Å². The molecule has 0 atom stereocenters. The summed E-state index contributed by atoms with van der Waals surface area (Å²) < 4.78 is 2.18. The van der Waals surface area contributed by atoms with Crippen molar-refractivity contribution in [3.05, 3.63) is 42.6 Å². The number of nitrogens with zero attached hydrogens (tertiary/aromatic N) is 1. The van der Waals surface area contributed by atoms with Crippen LogP contribution >= 0.6 is 0 Å². The van der Waals surface area contributed by atoms with Crippen molar-refractivity contribution >= 4 is 11.4 Å². The number of rotatable bonds is 1. The molecular weight excluding hydrogens is 170 g/mol. The molecule has 0 fully saturated rings. The second-order valence-corrected chi connectivity index (χ2v) is 4.28. The van der Waals surface area contributed by atoms with Gasteiger partial charge in [0.05, 0.1) is 5.41 Å². The highest BCUT2D eigenvalue weighted by Gasteiger charge is 2.41. The summed E-state index contributed by atoms with van der Waals surface area (Å²) in [5.41, 5.74) is 4.13. The van der Waals surface area contributed by atoms with E-state index in [1.165, 1.54) is 17.0 Å². The third-order valence-corrected chi connectivity index (χ3v) is 3.29. The second kappa shape index (κ2) is 2.81. The van der Waals surface area contributed by atoms with Gasteiger partial charge in [-0.25, -0.2) is 0 Å². The van der Waals surface area contributed by atoms with Crippen molar-refractivity contribution in [3.8, 4) is 0 Å². The Bertz CT molecular complexity index is 425. The van der Waals surface area contributed by atoms with Crippen molar-refractivity contribution in [3.63, 3.8) is 0 Å². The number of fused-ring (bicyclic) bond motifs is 1. The Labute approximate surface area is 85.4 Å². The molecule has 1 heterocycles. The Morgan fingerprint density at radius 1 is 1.29 bits per heavy atom. The summed E-state index contributed by atoms with van der Waals surface area (Å²) in [6.45, 7) is 10.5. The zero-order valence-electron chi connectivity index (χ0n) is 9.04. The van der Waals surface area contributed by atoms with E-state index in [-0.39, 0.29) is 5.41 Å². The highest BCUT2D eigenvalue weighted by atomic mass is 15.0. The molecule has 1 aromatic carbocycles. The molecule has 0 aliphatic carbocycles. The number of hydrogen-bond donors (Lipinski definition) is 0. The molecule has 1 aliphatic rings. The molecule has 14 heavy (non-hydrogen) atoms. The summed E-state index contributed by atoms with van der Waals surface area (Å²) in [6.07, 6.45) is 1.89. The molecule has 0 spiro atoms. The van der Waals surface area contributed by atoms with Gasteiger partial charge in [0.2, 0.25) is 5.69 Å². The summed E-state index contributed by atoms with van der Waals surface area (Å²) in [5.74, 6) is 0. The molecule has 72 valence electrons. The molecule has 0 saturated heterocycles. The fourth-order valence-corrected chi connectivity index (χ4v) is 2.12. The first-order valence-corrected chi connectivity index (χ1v) is 4.94. The van der Waals surface area contributed by atoms with E-state index in [1.54, 1.807) is 0 Å². The van der Waals surface area contributed by atoms with E-state index in [2.05, 4.69) is 56.2 Å². The number of hydrogen-bond acceptors (Lipinski definition) is 0. The van der Waals surface area contributed by atoms with Gasteiger partial charge < -0.3 is 0 Å². The minimum atomic E-state index is 0.130. The molecule has 1 nitrogen and oxygen atoms in total. The van der Waals surface area contributed by atoms with Gasteiger partial charge in [-0.2, -0.15) is 4.58 Å². The lowest BCUT2D eigenvalue weighted by Crippen LogP contribution is -2.25. The molecular formula is C13H16N+. The van der Waals surface area contributed by atoms with E-state index in [0.29, 0.717) is 0 Å². The van der Waals surface area contributed by atoms with E-state index in [0.717, 1.165) is 0 Å². The lowest BCUT2D eigenvalue weighted by molar-refractivity contribution is -0.357. The van der Waals surface area contributed by atoms with Crippen LogP contribution in [0, 0.1) is 0 Å². The topological polar surface area (TPSA) is 3.01 Å². The van der Waals surface area contributed by atoms with Gasteiger partial charge in [-0.1, -0.05) is 18.2 Å². The Balaban J connectivity index is 2.76. The van der Waals surface area contributed by atoms with Crippen LogP contribution in [0.4, 0.5) is 5.69 Å². The van der Waals surface area contributed by atoms with Crippen LogP contribution < -0.4 is 0 Å². The van der Waals surface area contributed by atoms with Crippen molar-refractivity contribution in [2.45, 2.75) is 26.2 Å². The van der Waals surface area contributed by atoms with Gasteiger partial charge in [0.25, 0.3) is 0 Å². The van der Waals surface area contributed by atoms with Crippen LogP contribution in [0.25, 0.3) is 0 Å². The molecule has 0 unspecified atom stereocenters. The summed E-state index contributed by atoms with van der Waals surface area (Å²) in [7, 11) is 0. The number of benzene rings is 1. The third-order valence-electron chi connectivity index (χ3n) is 3.29. The van der Waals surface area contributed by atoms with Gasteiger partial charge in [-0.15, -0.1) is 0 Å². The first kappa shape index (κ1) is 9.20. The number of para-hydroxylation sites is 1. The standard InChI is InChI=1S/C13H16N/c1-5-14-10(2)13(3,4)11-8-6-7-9-12(11)14/h5-9H,1H2,2-4H3/q+1. The maximum atomic E-state index is 3.86. The molecule has 0 aromatic heterocycles. The predicted octanol–water partition coefficient (Wildman–Crippen LogP) is 3.23. The van der Waals surface area contributed by atoms with Gasteiger partial charge in [0, 0.05) is 18.6 Å². The highest BCUT2D eigenvalue weighted by Crippen LogP contribution is 2.38. The van der Waals surface area contributed by atoms with E-state index in [1.807, 2.05) is 6.20 Å². The van der Waals surface area contributed by atoms with Crippen molar-refractivity contribution in [2.24, 2.45) is 0 Å². The minimum absolute atomic E-state index is 0.130. The van der Waals surface area contributed by atoms with Crippen LogP contribution in [0.5, 0.6) is 0 Å². The van der Waals surface area contributed by atoms with Crippen LogP contribution in [0.2, 0.25) is 0 Å². The molecule has 0 bridgehead atoms. The zero-order chi connectivity index (χ0) is 10.3. The van der Waals surface area contributed by atoms with Crippen LogP contribution in [0.3, 0.4) is 0 Å². The van der Waals surface area contributed by atoms with Gasteiger partial charge in [0.1, 0.15) is 0 Å². The second-order valence-electron chi connectivity index (χ2n) is 4.28. The molecule has 1 aromatic rings. The third kappa shape index (κ3) is 0.985. The summed E-state index contributed by atoms with van der Waals surface area (Å²) in [5, 5.41) is 0. The smallest absolute Gasteiger partial charge is 0.168 e. The maximum Gasteiger partial charge on any atom is 0.214 e. The van der Waals surface area contributed by atoms with Gasteiger partial charge in [-0.05, 0) is 20.4 Å². The quantitative estimate of drug-likeness (QED) is 0.592. The van der Waals surface area contributed by atoms with Gasteiger partial charge in [0.15, 0.2) is 11.9 Å². The molecule has 1 aliphatic heterocycles. The molecule has 1 heteroatoms. The van der Waals surface area contributed by atoms with Gasteiger partial charge >= 0.3 is 0 Å². The Morgan fingerprint density at radius 2 is 1.93 bits per heavy atom. The van der Waals surface area contributed by atoms with Crippen LogP contribution in [-0.2, 0) is 5.41 Å². The van der Waals surface area contributed by atoms with Gasteiger partial charge in [-0.3, -0.25) is 0 Å². The highest BCUT2D eigenvalue weighted by molar-refractivity contribution is 5.93. The Hall–Kier alpha value is -1.37. The maximum absolute atomic E-state index is 3.86. The lowest BCUT2D eigenvalue weighted by atomic mass is 9.82. The minimum Gasteiger partial charge on any atom is -0.168 e.